The molecule has 4 nitrogen and oxygen atoms in total. The molecule has 0 fully saturated rings. The van der Waals surface area contributed by atoms with Crippen molar-refractivity contribution < 1.29 is 4.79 Å². The van der Waals surface area contributed by atoms with Crippen LogP contribution in [0.5, 0.6) is 0 Å². The lowest BCUT2D eigenvalue weighted by atomic mass is 10.1. The van der Waals surface area contributed by atoms with E-state index >= 15 is 0 Å². The predicted molar refractivity (Wildman–Crippen MR) is 67.5 cm³/mol. The Kier molecular flexibility index (Phi) is 4.53. The quantitative estimate of drug-likeness (QED) is 0.859. The molecule has 0 aliphatic rings. The largest absolute Gasteiger partial charge is 0.369 e. The van der Waals surface area contributed by atoms with E-state index in [1.807, 2.05) is 31.2 Å². The summed E-state index contributed by atoms with van der Waals surface area (Å²) in [6.45, 7) is 1.96. The molecule has 1 amide bonds. The molecule has 1 aromatic carbocycles. The second-order valence-electron chi connectivity index (χ2n) is 4.13. The van der Waals surface area contributed by atoms with E-state index in [0.29, 0.717) is 0 Å². The molecule has 0 saturated carbocycles. The zero-order valence-electron chi connectivity index (χ0n) is 10.4. The van der Waals surface area contributed by atoms with Gasteiger partial charge in [-0.3, -0.25) is 4.79 Å². The van der Waals surface area contributed by atoms with Crippen molar-refractivity contribution in [2.75, 3.05) is 19.4 Å². The lowest BCUT2D eigenvalue weighted by Gasteiger charge is -2.16. The second kappa shape index (κ2) is 5.90. The highest BCUT2D eigenvalue weighted by atomic mass is 16.2. The summed E-state index contributed by atoms with van der Waals surface area (Å²) in [6.07, 6.45) is 0.178. The number of rotatable bonds is 4. The summed E-state index contributed by atoms with van der Waals surface area (Å²) >= 11 is 0. The van der Waals surface area contributed by atoms with E-state index in [1.54, 1.807) is 14.1 Å². The summed E-state index contributed by atoms with van der Waals surface area (Å²) in [5, 5.41) is 12.1. The van der Waals surface area contributed by atoms with Crippen LogP contribution in [-0.2, 0) is 4.79 Å². The fourth-order valence-electron chi connectivity index (χ4n) is 1.41. The summed E-state index contributed by atoms with van der Waals surface area (Å²) in [5.41, 5.74) is 1.95. The highest BCUT2D eigenvalue weighted by molar-refractivity contribution is 5.77. The van der Waals surface area contributed by atoms with Gasteiger partial charge in [-0.05, 0) is 18.6 Å². The molecule has 0 heterocycles. The maximum Gasteiger partial charge on any atom is 0.225 e. The highest BCUT2D eigenvalue weighted by Crippen LogP contribution is 2.15. The number of anilines is 1. The highest BCUT2D eigenvalue weighted by Gasteiger charge is 2.14. The van der Waals surface area contributed by atoms with Crippen LogP contribution in [0.4, 0.5) is 5.69 Å². The van der Waals surface area contributed by atoms with E-state index in [1.165, 1.54) is 4.90 Å². The Hall–Kier alpha value is -2.02. The molecule has 0 spiro atoms. The third kappa shape index (κ3) is 3.80. The smallest absolute Gasteiger partial charge is 0.225 e. The zero-order chi connectivity index (χ0) is 12.8. The van der Waals surface area contributed by atoms with Crippen molar-refractivity contribution in [2.45, 2.75) is 19.4 Å². The molecule has 1 unspecified atom stereocenters. The first-order valence-electron chi connectivity index (χ1n) is 5.46. The second-order valence-corrected chi connectivity index (χ2v) is 4.13. The van der Waals surface area contributed by atoms with Crippen LogP contribution in [0.25, 0.3) is 0 Å². The van der Waals surface area contributed by atoms with Crippen LogP contribution in [0.1, 0.15) is 12.0 Å². The first-order chi connectivity index (χ1) is 8.04. The van der Waals surface area contributed by atoms with Gasteiger partial charge in [0.2, 0.25) is 5.91 Å². The van der Waals surface area contributed by atoms with Crippen molar-refractivity contribution in [1.29, 1.82) is 5.26 Å². The molecule has 1 rings (SSSR count). The Balaban J connectivity index is 2.69. The Morgan fingerprint density at radius 2 is 2.12 bits per heavy atom. The van der Waals surface area contributed by atoms with E-state index in [9.17, 15) is 4.79 Å². The summed E-state index contributed by atoms with van der Waals surface area (Å²) in [6, 6.07) is 9.31. The summed E-state index contributed by atoms with van der Waals surface area (Å²) in [5.74, 6) is -0.0577. The number of nitriles is 1. The number of hydrogen-bond donors (Lipinski definition) is 1. The summed E-state index contributed by atoms with van der Waals surface area (Å²) < 4.78 is 0. The fourth-order valence-corrected chi connectivity index (χ4v) is 1.41. The summed E-state index contributed by atoms with van der Waals surface area (Å²) in [4.78, 5) is 13.0. The molecular weight excluding hydrogens is 214 g/mol. The van der Waals surface area contributed by atoms with E-state index in [0.717, 1.165) is 11.3 Å². The van der Waals surface area contributed by atoms with Gasteiger partial charge in [0.25, 0.3) is 0 Å². The third-order valence-electron chi connectivity index (χ3n) is 2.51. The molecule has 0 saturated heterocycles. The SMILES string of the molecule is Cc1ccccc1NC(C#N)CC(=O)N(C)C. The Labute approximate surface area is 102 Å². The maximum atomic E-state index is 11.5. The minimum Gasteiger partial charge on any atom is -0.369 e. The van der Waals surface area contributed by atoms with Gasteiger partial charge < -0.3 is 10.2 Å². The van der Waals surface area contributed by atoms with Gasteiger partial charge in [-0.1, -0.05) is 18.2 Å². The number of carbonyl (C=O) groups excluding carboxylic acids is 1. The molecular formula is C13H17N3O. The molecule has 90 valence electrons. The van der Waals surface area contributed by atoms with Crippen molar-refractivity contribution in [1.82, 2.24) is 4.90 Å². The number of benzene rings is 1. The number of hydrogen-bond acceptors (Lipinski definition) is 3. The third-order valence-corrected chi connectivity index (χ3v) is 2.51. The topological polar surface area (TPSA) is 56.1 Å². The lowest BCUT2D eigenvalue weighted by molar-refractivity contribution is -0.128. The standard InChI is InChI=1S/C13H17N3O/c1-10-6-4-5-7-12(10)15-11(9-14)8-13(17)16(2)3/h4-7,11,15H,8H2,1-3H3. The predicted octanol–water partition coefficient (Wildman–Crippen LogP) is 1.78. The molecule has 4 heteroatoms. The van der Waals surface area contributed by atoms with Crippen LogP contribution in [0, 0.1) is 18.3 Å². The molecule has 1 aromatic rings. The van der Waals surface area contributed by atoms with Gasteiger partial charge in [0.15, 0.2) is 0 Å². The van der Waals surface area contributed by atoms with Gasteiger partial charge in [-0.25, -0.2) is 0 Å². The van der Waals surface area contributed by atoms with E-state index in [-0.39, 0.29) is 12.3 Å². The number of amides is 1. The van der Waals surface area contributed by atoms with Crippen molar-refractivity contribution in [3.8, 4) is 6.07 Å². The van der Waals surface area contributed by atoms with Gasteiger partial charge in [0.05, 0.1) is 12.5 Å². The average molecular weight is 231 g/mol. The van der Waals surface area contributed by atoms with Gasteiger partial charge in [0.1, 0.15) is 6.04 Å². The van der Waals surface area contributed by atoms with E-state index in [2.05, 4.69) is 11.4 Å². The van der Waals surface area contributed by atoms with Crippen LogP contribution < -0.4 is 5.32 Å². The van der Waals surface area contributed by atoms with Crippen molar-refractivity contribution in [3.05, 3.63) is 29.8 Å². The Morgan fingerprint density at radius 1 is 1.47 bits per heavy atom. The number of aryl methyl sites for hydroxylation is 1. The Morgan fingerprint density at radius 3 is 2.65 bits per heavy atom. The van der Waals surface area contributed by atoms with Gasteiger partial charge in [-0.2, -0.15) is 5.26 Å². The van der Waals surface area contributed by atoms with Crippen molar-refractivity contribution in [2.24, 2.45) is 0 Å². The van der Waals surface area contributed by atoms with E-state index < -0.39 is 6.04 Å². The minimum atomic E-state index is -0.494. The zero-order valence-corrected chi connectivity index (χ0v) is 10.4. The minimum absolute atomic E-state index is 0.0577. The lowest BCUT2D eigenvalue weighted by Crippen LogP contribution is -2.29. The van der Waals surface area contributed by atoms with Crippen LogP contribution in [0.15, 0.2) is 24.3 Å². The number of nitrogens with zero attached hydrogens (tertiary/aromatic N) is 2. The maximum absolute atomic E-state index is 11.5. The first-order valence-corrected chi connectivity index (χ1v) is 5.46. The van der Waals surface area contributed by atoms with Crippen molar-refractivity contribution in [3.63, 3.8) is 0 Å². The molecule has 0 radical (unpaired) electrons. The van der Waals surface area contributed by atoms with Gasteiger partial charge >= 0.3 is 0 Å². The first kappa shape index (κ1) is 13.0. The number of carbonyl (C=O) groups is 1. The molecule has 0 aromatic heterocycles. The van der Waals surface area contributed by atoms with Crippen LogP contribution in [0.3, 0.4) is 0 Å². The average Bonchev–Trinajstić information content (AvgIpc) is 2.30. The van der Waals surface area contributed by atoms with E-state index in [4.69, 9.17) is 5.26 Å². The molecule has 17 heavy (non-hydrogen) atoms. The number of para-hydroxylation sites is 1. The monoisotopic (exact) mass is 231 g/mol. The normalized spacial score (nSPS) is 11.4. The summed E-state index contributed by atoms with van der Waals surface area (Å²) in [7, 11) is 3.37. The Bertz CT molecular complexity index is 435. The van der Waals surface area contributed by atoms with Gasteiger partial charge in [-0.15, -0.1) is 0 Å². The molecule has 0 aliphatic heterocycles. The van der Waals surface area contributed by atoms with Crippen LogP contribution >= 0.6 is 0 Å². The van der Waals surface area contributed by atoms with Crippen LogP contribution in [0.2, 0.25) is 0 Å². The number of nitrogens with one attached hydrogen (secondary N) is 1. The molecule has 0 bridgehead atoms. The van der Waals surface area contributed by atoms with Crippen LogP contribution in [-0.4, -0.2) is 30.9 Å². The van der Waals surface area contributed by atoms with Crippen molar-refractivity contribution >= 4 is 11.6 Å². The molecule has 0 aliphatic carbocycles. The van der Waals surface area contributed by atoms with Gasteiger partial charge in [0, 0.05) is 19.8 Å². The molecule has 1 N–H and O–H groups in total. The fraction of sp³-hybridized carbons (Fsp3) is 0.385. The molecule has 1 atom stereocenters.